The second kappa shape index (κ2) is 7.71. The first-order valence-electron chi connectivity index (χ1n) is 7.49. The molecule has 0 unspecified atom stereocenters. The van der Waals surface area contributed by atoms with E-state index in [0.717, 1.165) is 0 Å². The Morgan fingerprint density at radius 1 is 1.24 bits per heavy atom. The number of carbonyl (C=O) groups excluding carboxylic acids is 1. The first-order valence-corrected chi connectivity index (χ1v) is 9.35. The third-order valence-corrected chi connectivity index (χ3v) is 4.71. The summed E-state index contributed by atoms with van der Waals surface area (Å²) in [6.07, 6.45) is 2.71. The number of nitrogens with one attached hydrogen (secondary N) is 3. The second-order valence-electron chi connectivity index (χ2n) is 5.70. The molecule has 1 heterocycles. The van der Waals surface area contributed by atoms with E-state index in [1.54, 1.807) is 45.0 Å². The normalized spacial score (nSPS) is 11.2. The number of amides is 2. The summed E-state index contributed by atoms with van der Waals surface area (Å²) in [5, 5.41) is 6.01. The molecule has 9 heteroatoms. The smallest absolute Gasteiger partial charge is 0.328 e. The molecule has 0 fully saturated rings. The number of carbonyl (C=O) groups is 1. The van der Waals surface area contributed by atoms with Crippen molar-refractivity contribution < 1.29 is 13.2 Å². The van der Waals surface area contributed by atoms with E-state index in [2.05, 4.69) is 15.6 Å². The molecular weight excluding hydrogens is 364 g/mol. The molecule has 1 aromatic carbocycles. The minimum atomic E-state index is -4.11. The van der Waals surface area contributed by atoms with Crippen LogP contribution in [0.2, 0.25) is 5.02 Å². The minimum absolute atomic E-state index is 0.133. The Balaban J connectivity index is 2.38. The average Bonchev–Trinajstić information content (AvgIpc) is 2.47. The maximum atomic E-state index is 12.6. The standard InChI is InChI=1S/C16H19ClN4O3S/c1-10(2)19-16(22)21-25(23,24)14-9-18-8-11(3)15(14)20-13-6-4-5-12(17)7-13/h4-10H,1-3H3,(H,18,20)(H2,19,21,22). The molecule has 1 aromatic heterocycles. The monoisotopic (exact) mass is 382 g/mol. The molecule has 0 aliphatic rings. The van der Waals surface area contributed by atoms with E-state index in [4.69, 9.17) is 11.6 Å². The molecule has 2 rings (SSSR count). The Kier molecular flexibility index (Phi) is 5.86. The molecule has 0 atom stereocenters. The number of halogens is 1. The van der Waals surface area contributed by atoms with E-state index in [1.165, 1.54) is 12.4 Å². The zero-order valence-electron chi connectivity index (χ0n) is 14.0. The Hall–Kier alpha value is -2.32. The van der Waals surface area contributed by atoms with Crippen LogP contribution in [0.15, 0.2) is 41.6 Å². The molecule has 0 radical (unpaired) electrons. The van der Waals surface area contributed by atoms with Crippen LogP contribution in [0.4, 0.5) is 16.2 Å². The average molecular weight is 383 g/mol. The number of urea groups is 1. The first-order chi connectivity index (χ1) is 11.7. The lowest BCUT2D eigenvalue weighted by atomic mass is 10.2. The molecule has 2 aromatic rings. The summed E-state index contributed by atoms with van der Waals surface area (Å²) in [5.74, 6) is 0. The van der Waals surface area contributed by atoms with Crippen molar-refractivity contribution in [2.24, 2.45) is 0 Å². The van der Waals surface area contributed by atoms with Gasteiger partial charge in [0.1, 0.15) is 4.90 Å². The van der Waals surface area contributed by atoms with Gasteiger partial charge in [0.05, 0.1) is 5.69 Å². The van der Waals surface area contributed by atoms with E-state index in [9.17, 15) is 13.2 Å². The highest BCUT2D eigenvalue weighted by atomic mass is 35.5. The van der Waals surface area contributed by atoms with Crippen LogP contribution in [0.1, 0.15) is 19.4 Å². The molecule has 0 saturated carbocycles. The molecule has 0 saturated heterocycles. The van der Waals surface area contributed by atoms with Gasteiger partial charge in [-0.2, -0.15) is 0 Å². The van der Waals surface area contributed by atoms with Crippen molar-refractivity contribution in [2.75, 3.05) is 5.32 Å². The van der Waals surface area contributed by atoms with Crippen LogP contribution >= 0.6 is 11.6 Å². The second-order valence-corrected chi connectivity index (χ2v) is 7.79. The molecular formula is C16H19ClN4O3S. The van der Waals surface area contributed by atoms with Crippen molar-refractivity contribution >= 4 is 39.0 Å². The van der Waals surface area contributed by atoms with Gasteiger partial charge in [-0.15, -0.1) is 0 Å². The van der Waals surface area contributed by atoms with Crippen LogP contribution in [-0.2, 0) is 10.0 Å². The summed E-state index contributed by atoms with van der Waals surface area (Å²) in [7, 11) is -4.11. The number of aryl methyl sites for hydroxylation is 1. The third-order valence-electron chi connectivity index (χ3n) is 3.13. The Bertz CT molecular complexity index is 885. The summed E-state index contributed by atoms with van der Waals surface area (Å²) in [6.45, 7) is 5.17. The van der Waals surface area contributed by atoms with Gasteiger partial charge >= 0.3 is 6.03 Å². The van der Waals surface area contributed by atoms with Gasteiger partial charge in [0.25, 0.3) is 10.0 Å². The number of pyridine rings is 1. The zero-order chi connectivity index (χ0) is 18.6. The van der Waals surface area contributed by atoms with Crippen LogP contribution < -0.4 is 15.4 Å². The lowest BCUT2D eigenvalue weighted by Gasteiger charge is -2.16. The number of benzene rings is 1. The highest BCUT2D eigenvalue weighted by Crippen LogP contribution is 2.28. The van der Waals surface area contributed by atoms with E-state index in [-0.39, 0.29) is 10.9 Å². The number of nitrogens with zero attached hydrogens (tertiary/aromatic N) is 1. The SMILES string of the molecule is Cc1cncc(S(=O)(=O)NC(=O)NC(C)C)c1Nc1cccc(Cl)c1. The molecule has 0 aliphatic carbocycles. The van der Waals surface area contributed by atoms with E-state index >= 15 is 0 Å². The van der Waals surface area contributed by atoms with Gasteiger partial charge in [-0.3, -0.25) is 4.98 Å². The molecule has 25 heavy (non-hydrogen) atoms. The summed E-state index contributed by atoms with van der Waals surface area (Å²) in [4.78, 5) is 15.6. The minimum Gasteiger partial charge on any atom is -0.354 e. The van der Waals surface area contributed by atoms with Crippen molar-refractivity contribution in [2.45, 2.75) is 31.7 Å². The van der Waals surface area contributed by atoms with Crippen LogP contribution in [0.25, 0.3) is 0 Å². The van der Waals surface area contributed by atoms with Crippen molar-refractivity contribution in [3.63, 3.8) is 0 Å². The molecule has 134 valence electrons. The first kappa shape index (κ1) is 19.0. The summed E-state index contributed by atoms with van der Waals surface area (Å²) < 4.78 is 27.1. The van der Waals surface area contributed by atoms with Gasteiger partial charge in [-0.25, -0.2) is 17.9 Å². The maximum Gasteiger partial charge on any atom is 0.328 e. The Morgan fingerprint density at radius 2 is 1.96 bits per heavy atom. The highest BCUT2D eigenvalue weighted by Gasteiger charge is 2.23. The van der Waals surface area contributed by atoms with Crippen LogP contribution in [0, 0.1) is 6.92 Å². The number of rotatable bonds is 5. The van der Waals surface area contributed by atoms with Crippen LogP contribution in [-0.4, -0.2) is 25.5 Å². The predicted octanol–water partition coefficient (Wildman–Crippen LogP) is 3.18. The summed E-state index contributed by atoms with van der Waals surface area (Å²) in [5.41, 5.74) is 1.54. The number of hydrogen-bond acceptors (Lipinski definition) is 5. The molecule has 7 nitrogen and oxygen atoms in total. The molecule has 0 bridgehead atoms. The van der Waals surface area contributed by atoms with Crippen molar-refractivity contribution in [3.8, 4) is 0 Å². The van der Waals surface area contributed by atoms with Gasteiger partial charge in [-0.05, 0) is 44.5 Å². The number of aromatic nitrogens is 1. The Morgan fingerprint density at radius 3 is 2.60 bits per heavy atom. The van der Waals surface area contributed by atoms with E-state index in [1.807, 2.05) is 4.72 Å². The van der Waals surface area contributed by atoms with Crippen LogP contribution in [0.3, 0.4) is 0 Å². The molecule has 0 aliphatic heterocycles. The molecule has 2 amide bonds. The predicted molar refractivity (Wildman–Crippen MR) is 97.7 cm³/mol. The van der Waals surface area contributed by atoms with E-state index in [0.29, 0.717) is 22.0 Å². The van der Waals surface area contributed by atoms with Crippen molar-refractivity contribution in [1.82, 2.24) is 15.0 Å². The third kappa shape index (κ3) is 5.07. The lowest BCUT2D eigenvalue weighted by Crippen LogP contribution is -2.42. The number of hydrogen-bond donors (Lipinski definition) is 3. The quantitative estimate of drug-likeness (QED) is 0.737. The maximum absolute atomic E-state index is 12.6. The largest absolute Gasteiger partial charge is 0.354 e. The van der Waals surface area contributed by atoms with Gasteiger partial charge in [-0.1, -0.05) is 17.7 Å². The summed E-state index contributed by atoms with van der Waals surface area (Å²) in [6, 6.07) is 5.86. The lowest BCUT2D eigenvalue weighted by molar-refractivity contribution is 0.243. The zero-order valence-corrected chi connectivity index (χ0v) is 15.6. The fourth-order valence-corrected chi connectivity index (χ4v) is 3.37. The van der Waals surface area contributed by atoms with Gasteiger partial charge in [0.15, 0.2) is 0 Å². The highest BCUT2D eigenvalue weighted by molar-refractivity contribution is 7.90. The number of anilines is 2. The summed E-state index contributed by atoms with van der Waals surface area (Å²) >= 11 is 5.96. The van der Waals surface area contributed by atoms with Crippen molar-refractivity contribution in [3.05, 3.63) is 47.2 Å². The topological polar surface area (TPSA) is 100 Å². The fraction of sp³-hybridized carbons (Fsp3) is 0.250. The molecule has 0 spiro atoms. The van der Waals surface area contributed by atoms with Gasteiger partial charge in [0.2, 0.25) is 0 Å². The van der Waals surface area contributed by atoms with Crippen LogP contribution in [0.5, 0.6) is 0 Å². The molecule has 3 N–H and O–H groups in total. The number of sulfonamides is 1. The Labute approximate surface area is 151 Å². The van der Waals surface area contributed by atoms with Gasteiger partial charge < -0.3 is 10.6 Å². The fourth-order valence-electron chi connectivity index (χ4n) is 2.08. The van der Waals surface area contributed by atoms with Gasteiger partial charge in [0, 0.05) is 29.1 Å². The van der Waals surface area contributed by atoms with E-state index < -0.39 is 16.1 Å². The van der Waals surface area contributed by atoms with Crippen molar-refractivity contribution in [1.29, 1.82) is 0 Å².